The van der Waals surface area contributed by atoms with E-state index in [0.717, 1.165) is 17.8 Å². The highest BCUT2D eigenvalue weighted by molar-refractivity contribution is 5.93. The van der Waals surface area contributed by atoms with E-state index in [2.05, 4.69) is 17.3 Å². The average Bonchev–Trinajstić information content (AvgIpc) is 2.63. The Kier molecular flexibility index (Phi) is 3.19. The quantitative estimate of drug-likeness (QED) is 0.870. The van der Waals surface area contributed by atoms with Crippen LogP contribution in [-0.2, 0) is 0 Å². The van der Waals surface area contributed by atoms with Crippen LogP contribution in [0.1, 0.15) is 36.0 Å². The monoisotopic (exact) mass is 259 g/mol. The summed E-state index contributed by atoms with van der Waals surface area (Å²) in [7, 11) is 2.25. The van der Waals surface area contributed by atoms with E-state index < -0.39 is 0 Å². The van der Waals surface area contributed by atoms with Gasteiger partial charge in [-0.25, -0.2) is 0 Å². The third-order valence-corrected chi connectivity index (χ3v) is 4.64. The molecule has 2 aliphatic heterocycles. The Labute approximate surface area is 114 Å². The van der Waals surface area contributed by atoms with Crippen molar-refractivity contribution in [2.24, 2.45) is 5.73 Å². The van der Waals surface area contributed by atoms with Crippen LogP contribution in [0.4, 0.5) is 5.69 Å². The van der Waals surface area contributed by atoms with Crippen LogP contribution in [0.2, 0.25) is 0 Å². The molecular formula is C15H21N3O. The van der Waals surface area contributed by atoms with Crippen LogP contribution in [0.25, 0.3) is 0 Å². The van der Waals surface area contributed by atoms with Gasteiger partial charge in [-0.15, -0.1) is 0 Å². The summed E-state index contributed by atoms with van der Waals surface area (Å²) in [5.41, 5.74) is 6.89. The molecule has 102 valence electrons. The maximum absolute atomic E-state index is 11.0. The minimum atomic E-state index is -0.371. The Hall–Kier alpha value is -1.55. The van der Waals surface area contributed by atoms with E-state index in [1.165, 1.54) is 25.7 Å². The molecule has 2 fully saturated rings. The standard InChI is InChI=1S/C15H21N3O/c1-18-13-6-7-14(18)9-12(8-13)17-11-4-2-10(3-5-11)15(16)19/h2-5,12-14,17H,6-9H2,1H3,(H2,16,19). The molecule has 2 bridgehead atoms. The molecule has 2 unspecified atom stereocenters. The molecule has 0 aromatic heterocycles. The van der Waals surface area contributed by atoms with Crippen LogP contribution in [-0.4, -0.2) is 36.0 Å². The summed E-state index contributed by atoms with van der Waals surface area (Å²) in [6.07, 6.45) is 5.09. The Morgan fingerprint density at radius 3 is 2.32 bits per heavy atom. The van der Waals surface area contributed by atoms with Crippen LogP contribution in [0.5, 0.6) is 0 Å². The number of nitrogens with one attached hydrogen (secondary N) is 1. The van der Waals surface area contributed by atoms with Gasteiger partial charge < -0.3 is 16.0 Å². The van der Waals surface area contributed by atoms with Crippen LogP contribution in [0.3, 0.4) is 0 Å². The van der Waals surface area contributed by atoms with Gasteiger partial charge in [0.15, 0.2) is 0 Å². The van der Waals surface area contributed by atoms with E-state index in [-0.39, 0.29) is 5.91 Å². The number of carbonyl (C=O) groups excluding carboxylic acids is 1. The van der Waals surface area contributed by atoms with Crippen molar-refractivity contribution in [2.45, 2.75) is 43.8 Å². The first-order valence-corrected chi connectivity index (χ1v) is 7.02. The van der Waals surface area contributed by atoms with Crippen molar-refractivity contribution in [1.29, 1.82) is 0 Å². The third kappa shape index (κ3) is 2.45. The lowest BCUT2D eigenvalue weighted by Crippen LogP contribution is -2.44. The Bertz CT molecular complexity index is 457. The molecule has 3 N–H and O–H groups in total. The second kappa shape index (κ2) is 4.85. The number of fused-ring (bicyclic) bond motifs is 2. The Morgan fingerprint density at radius 2 is 1.79 bits per heavy atom. The molecular weight excluding hydrogens is 238 g/mol. The lowest BCUT2D eigenvalue weighted by Gasteiger charge is -2.37. The van der Waals surface area contributed by atoms with Gasteiger partial charge in [0, 0.05) is 29.4 Å². The Balaban J connectivity index is 1.64. The van der Waals surface area contributed by atoms with Crippen molar-refractivity contribution < 1.29 is 4.79 Å². The predicted molar refractivity (Wildman–Crippen MR) is 76.2 cm³/mol. The second-order valence-electron chi connectivity index (χ2n) is 5.80. The second-order valence-corrected chi connectivity index (χ2v) is 5.80. The number of amides is 1. The number of benzene rings is 1. The number of primary amides is 1. The summed E-state index contributed by atoms with van der Waals surface area (Å²) in [4.78, 5) is 13.6. The predicted octanol–water partition coefficient (Wildman–Crippen LogP) is 1.82. The van der Waals surface area contributed by atoms with Gasteiger partial charge in [0.2, 0.25) is 5.91 Å². The maximum Gasteiger partial charge on any atom is 0.248 e. The van der Waals surface area contributed by atoms with Crippen LogP contribution < -0.4 is 11.1 Å². The van der Waals surface area contributed by atoms with Crippen molar-refractivity contribution in [3.63, 3.8) is 0 Å². The van der Waals surface area contributed by atoms with Crippen molar-refractivity contribution in [2.75, 3.05) is 12.4 Å². The van der Waals surface area contributed by atoms with E-state index in [9.17, 15) is 4.79 Å². The topological polar surface area (TPSA) is 58.4 Å². The molecule has 19 heavy (non-hydrogen) atoms. The zero-order valence-corrected chi connectivity index (χ0v) is 11.3. The summed E-state index contributed by atoms with van der Waals surface area (Å²) in [6.45, 7) is 0. The summed E-state index contributed by atoms with van der Waals surface area (Å²) in [5, 5.41) is 3.59. The molecule has 2 saturated heterocycles. The van der Waals surface area contributed by atoms with E-state index >= 15 is 0 Å². The number of hydrogen-bond acceptors (Lipinski definition) is 3. The van der Waals surface area contributed by atoms with Crippen molar-refractivity contribution in [1.82, 2.24) is 4.90 Å². The highest BCUT2D eigenvalue weighted by atomic mass is 16.1. The molecule has 0 aliphatic carbocycles. The first kappa shape index (κ1) is 12.5. The van der Waals surface area contributed by atoms with Crippen molar-refractivity contribution >= 4 is 11.6 Å². The maximum atomic E-state index is 11.0. The van der Waals surface area contributed by atoms with E-state index in [4.69, 9.17) is 5.73 Å². The zero-order valence-electron chi connectivity index (χ0n) is 11.3. The van der Waals surface area contributed by atoms with E-state index in [1.54, 1.807) is 12.1 Å². The minimum absolute atomic E-state index is 0.371. The number of rotatable bonds is 3. The molecule has 4 nitrogen and oxygen atoms in total. The molecule has 4 heteroatoms. The fourth-order valence-electron chi connectivity index (χ4n) is 3.50. The van der Waals surface area contributed by atoms with E-state index in [1.807, 2.05) is 12.1 Å². The lowest BCUT2D eigenvalue weighted by molar-refractivity contribution is 0.100. The molecule has 3 rings (SSSR count). The number of carbonyl (C=O) groups is 1. The number of nitrogens with two attached hydrogens (primary N) is 1. The van der Waals surface area contributed by atoms with Gasteiger partial charge in [-0.1, -0.05) is 0 Å². The highest BCUT2D eigenvalue weighted by Gasteiger charge is 2.38. The molecule has 1 aromatic rings. The largest absolute Gasteiger partial charge is 0.382 e. The Morgan fingerprint density at radius 1 is 1.21 bits per heavy atom. The fraction of sp³-hybridized carbons (Fsp3) is 0.533. The van der Waals surface area contributed by atoms with Gasteiger partial charge in [0.25, 0.3) is 0 Å². The zero-order chi connectivity index (χ0) is 13.4. The van der Waals surface area contributed by atoms with E-state index in [0.29, 0.717) is 11.6 Å². The lowest BCUT2D eigenvalue weighted by atomic mass is 9.97. The molecule has 2 atom stereocenters. The normalized spacial score (nSPS) is 30.3. The minimum Gasteiger partial charge on any atom is -0.382 e. The first-order chi connectivity index (χ1) is 9.13. The summed E-state index contributed by atoms with van der Waals surface area (Å²) >= 11 is 0. The molecule has 0 radical (unpaired) electrons. The molecule has 2 aliphatic rings. The fourth-order valence-corrected chi connectivity index (χ4v) is 3.50. The summed E-state index contributed by atoms with van der Waals surface area (Å²) in [6, 6.07) is 9.48. The smallest absolute Gasteiger partial charge is 0.248 e. The van der Waals surface area contributed by atoms with Crippen LogP contribution in [0, 0.1) is 0 Å². The number of anilines is 1. The number of piperidine rings is 1. The average molecular weight is 259 g/mol. The molecule has 2 heterocycles. The highest BCUT2D eigenvalue weighted by Crippen LogP contribution is 2.35. The first-order valence-electron chi connectivity index (χ1n) is 7.02. The number of hydrogen-bond donors (Lipinski definition) is 2. The number of nitrogens with zero attached hydrogens (tertiary/aromatic N) is 1. The van der Waals surface area contributed by atoms with Gasteiger partial charge in [-0.3, -0.25) is 4.79 Å². The SMILES string of the molecule is CN1C2CCC1CC(Nc1ccc(C(N)=O)cc1)C2. The van der Waals surface area contributed by atoms with Crippen LogP contribution >= 0.6 is 0 Å². The van der Waals surface area contributed by atoms with Gasteiger partial charge in [-0.05, 0) is 57.0 Å². The molecule has 0 spiro atoms. The summed E-state index contributed by atoms with van der Waals surface area (Å²) < 4.78 is 0. The molecule has 1 aromatic carbocycles. The van der Waals surface area contributed by atoms with Crippen LogP contribution in [0.15, 0.2) is 24.3 Å². The third-order valence-electron chi connectivity index (χ3n) is 4.64. The van der Waals surface area contributed by atoms with Gasteiger partial charge in [-0.2, -0.15) is 0 Å². The van der Waals surface area contributed by atoms with Gasteiger partial charge >= 0.3 is 0 Å². The van der Waals surface area contributed by atoms with Gasteiger partial charge in [0.05, 0.1) is 0 Å². The van der Waals surface area contributed by atoms with Crippen molar-refractivity contribution in [3.05, 3.63) is 29.8 Å². The van der Waals surface area contributed by atoms with Crippen molar-refractivity contribution in [3.8, 4) is 0 Å². The molecule has 0 saturated carbocycles. The van der Waals surface area contributed by atoms with Gasteiger partial charge in [0.1, 0.15) is 0 Å². The molecule has 1 amide bonds. The summed E-state index contributed by atoms with van der Waals surface area (Å²) in [5.74, 6) is -0.371.